The van der Waals surface area contributed by atoms with E-state index < -0.39 is 11.5 Å². The van der Waals surface area contributed by atoms with Crippen LogP contribution in [-0.2, 0) is 11.2 Å². The number of carboxylic acid groups (broad SMARTS) is 1. The molecule has 0 aliphatic carbocycles. The Balaban J connectivity index is 2.48. The third kappa shape index (κ3) is 5.36. The number of hydrogen-bond acceptors (Lipinski definition) is 4. The number of likely N-dealkylation sites (N-methyl/N-ethyl adjacent to an activating group) is 1. The van der Waals surface area contributed by atoms with Crippen molar-refractivity contribution in [1.29, 1.82) is 0 Å². The van der Waals surface area contributed by atoms with Gasteiger partial charge in [-0.25, -0.2) is 0 Å². The normalized spacial score (nSPS) is 13.7. The molecule has 0 aliphatic heterocycles. The van der Waals surface area contributed by atoms with E-state index in [4.69, 9.17) is 9.84 Å². The first-order valence-electron chi connectivity index (χ1n) is 7.33. The van der Waals surface area contributed by atoms with Gasteiger partial charge in [0.2, 0.25) is 0 Å². The largest absolute Gasteiger partial charge is 0.493 e. The third-order valence-electron chi connectivity index (χ3n) is 3.47. The fourth-order valence-corrected chi connectivity index (χ4v) is 2.24. The first-order chi connectivity index (χ1) is 10.0. The van der Waals surface area contributed by atoms with Crippen LogP contribution >= 0.6 is 0 Å². The van der Waals surface area contributed by atoms with Crippen molar-refractivity contribution in [2.75, 3.05) is 19.8 Å². The Labute approximate surface area is 125 Å². The number of aliphatic hydroxyl groups is 1. The minimum absolute atomic E-state index is 0.0812. The first kappa shape index (κ1) is 17.5. The molecule has 0 saturated heterocycles. The summed E-state index contributed by atoms with van der Waals surface area (Å²) in [6, 6.07) is 7.58. The molecule has 21 heavy (non-hydrogen) atoms. The Bertz CT molecular complexity index is 450. The van der Waals surface area contributed by atoms with Crippen LogP contribution in [0.3, 0.4) is 0 Å². The molecular formula is C16H25NO4. The lowest BCUT2D eigenvalue weighted by atomic mass is 9.96. The molecule has 0 aliphatic rings. The summed E-state index contributed by atoms with van der Waals surface area (Å²) in [7, 11) is 0. The van der Waals surface area contributed by atoms with Crippen molar-refractivity contribution in [2.24, 2.45) is 0 Å². The van der Waals surface area contributed by atoms with Crippen LogP contribution in [0, 0.1) is 0 Å². The van der Waals surface area contributed by atoms with E-state index in [1.54, 1.807) is 6.92 Å². The Morgan fingerprint density at radius 1 is 1.38 bits per heavy atom. The zero-order chi connectivity index (χ0) is 15.7. The van der Waals surface area contributed by atoms with Gasteiger partial charge < -0.3 is 20.3 Å². The highest BCUT2D eigenvalue weighted by atomic mass is 16.5. The lowest BCUT2D eigenvalue weighted by molar-refractivity contribution is -0.144. The number of carboxylic acids is 1. The van der Waals surface area contributed by atoms with E-state index in [9.17, 15) is 9.90 Å². The predicted molar refractivity (Wildman–Crippen MR) is 81.7 cm³/mol. The van der Waals surface area contributed by atoms with Crippen molar-refractivity contribution >= 4 is 5.97 Å². The zero-order valence-electron chi connectivity index (χ0n) is 12.8. The molecule has 0 fully saturated rings. The second-order valence-corrected chi connectivity index (χ2v) is 5.20. The molecule has 1 aromatic rings. The van der Waals surface area contributed by atoms with Gasteiger partial charge >= 0.3 is 5.97 Å². The predicted octanol–water partition coefficient (Wildman–Crippen LogP) is 1.83. The van der Waals surface area contributed by atoms with Gasteiger partial charge in [0.15, 0.2) is 0 Å². The van der Waals surface area contributed by atoms with Crippen LogP contribution in [0.15, 0.2) is 24.3 Å². The van der Waals surface area contributed by atoms with E-state index in [2.05, 4.69) is 5.32 Å². The first-order valence-corrected chi connectivity index (χ1v) is 7.33. The van der Waals surface area contributed by atoms with E-state index in [1.165, 1.54) is 0 Å². The van der Waals surface area contributed by atoms with Crippen LogP contribution in [0.25, 0.3) is 0 Å². The van der Waals surface area contributed by atoms with Crippen LogP contribution in [0.4, 0.5) is 0 Å². The summed E-state index contributed by atoms with van der Waals surface area (Å²) in [5.74, 6) is -0.0861. The highest BCUT2D eigenvalue weighted by molar-refractivity contribution is 5.78. The van der Waals surface area contributed by atoms with E-state index in [0.717, 1.165) is 11.3 Å². The number of benzene rings is 1. The van der Waals surface area contributed by atoms with Gasteiger partial charge in [0.25, 0.3) is 0 Å². The fourth-order valence-electron chi connectivity index (χ4n) is 2.24. The lowest BCUT2D eigenvalue weighted by Crippen LogP contribution is -2.49. The quantitative estimate of drug-likeness (QED) is 0.574. The molecule has 118 valence electrons. The highest BCUT2D eigenvalue weighted by Gasteiger charge is 2.31. The van der Waals surface area contributed by atoms with E-state index >= 15 is 0 Å². The summed E-state index contributed by atoms with van der Waals surface area (Å²) in [5.41, 5.74) is 0.0515. The van der Waals surface area contributed by atoms with Crippen LogP contribution in [0.5, 0.6) is 5.75 Å². The van der Waals surface area contributed by atoms with Gasteiger partial charge in [-0.05, 0) is 44.4 Å². The van der Waals surface area contributed by atoms with Gasteiger partial charge in [-0.2, -0.15) is 0 Å². The molecule has 0 aromatic heterocycles. The van der Waals surface area contributed by atoms with Crippen LogP contribution < -0.4 is 10.1 Å². The van der Waals surface area contributed by atoms with Gasteiger partial charge in [0.1, 0.15) is 11.3 Å². The SMILES string of the molecule is CCNC(C)(CCCOc1ccccc1CCO)C(=O)O. The van der Waals surface area contributed by atoms with Gasteiger partial charge in [0.05, 0.1) is 6.61 Å². The molecule has 0 heterocycles. The van der Waals surface area contributed by atoms with Gasteiger partial charge in [-0.1, -0.05) is 25.1 Å². The number of carbonyl (C=O) groups is 1. The molecule has 0 amide bonds. The molecule has 1 unspecified atom stereocenters. The topological polar surface area (TPSA) is 78.8 Å². The minimum atomic E-state index is -0.914. The summed E-state index contributed by atoms with van der Waals surface area (Å²) in [4.78, 5) is 11.3. The molecule has 1 atom stereocenters. The minimum Gasteiger partial charge on any atom is -0.493 e. The Kier molecular flexibility index (Phi) is 7.19. The lowest BCUT2D eigenvalue weighted by Gasteiger charge is -2.25. The number of ether oxygens (including phenoxy) is 1. The summed E-state index contributed by atoms with van der Waals surface area (Å²) in [6.07, 6.45) is 1.70. The Morgan fingerprint density at radius 3 is 2.71 bits per heavy atom. The summed E-state index contributed by atoms with van der Waals surface area (Å²) >= 11 is 0. The van der Waals surface area contributed by atoms with Crippen LogP contribution in [0.2, 0.25) is 0 Å². The van der Waals surface area contributed by atoms with E-state index in [0.29, 0.717) is 32.4 Å². The molecule has 0 saturated carbocycles. The van der Waals surface area contributed by atoms with Gasteiger partial charge in [-0.15, -0.1) is 0 Å². The number of aliphatic carboxylic acids is 1. The molecule has 0 spiro atoms. The summed E-state index contributed by atoms with van der Waals surface area (Å²) < 4.78 is 5.71. The molecule has 1 aromatic carbocycles. The number of rotatable bonds is 10. The average Bonchev–Trinajstić information content (AvgIpc) is 2.45. The molecule has 5 heteroatoms. The molecule has 0 bridgehead atoms. The van der Waals surface area contributed by atoms with Crippen molar-refractivity contribution < 1.29 is 19.7 Å². The Morgan fingerprint density at radius 2 is 2.10 bits per heavy atom. The molecule has 0 radical (unpaired) electrons. The number of nitrogens with one attached hydrogen (secondary N) is 1. The fraction of sp³-hybridized carbons (Fsp3) is 0.562. The van der Waals surface area contributed by atoms with Crippen molar-refractivity contribution in [1.82, 2.24) is 5.32 Å². The molecule has 5 nitrogen and oxygen atoms in total. The molecule has 1 rings (SSSR count). The smallest absolute Gasteiger partial charge is 0.323 e. The summed E-state index contributed by atoms with van der Waals surface area (Å²) in [5, 5.41) is 21.3. The maximum atomic E-state index is 11.3. The number of para-hydroxylation sites is 1. The van der Waals surface area contributed by atoms with Crippen molar-refractivity contribution in [3.05, 3.63) is 29.8 Å². The van der Waals surface area contributed by atoms with Crippen molar-refractivity contribution in [3.8, 4) is 5.75 Å². The Hall–Kier alpha value is -1.59. The van der Waals surface area contributed by atoms with Gasteiger partial charge in [-0.3, -0.25) is 4.79 Å². The van der Waals surface area contributed by atoms with Crippen molar-refractivity contribution in [2.45, 2.75) is 38.6 Å². The second kappa shape index (κ2) is 8.64. The van der Waals surface area contributed by atoms with Crippen LogP contribution in [-0.4, -0.2) is 41.5 Å². The van der Waals surface area contributed by atoms with E-state index in [-0.39, 0.29) is 6.61 Å². The summed E-state index contributed by atoms with van der Waals surface area (Å²) in [6.45, 7) is 4.74. The van der Waals surface area contributed by atoms with Crippen molar-refractivity contribution in [3.63, 3.8) is 0 Å². The zero-order valence-corrected chi connectivity index (χ0v) is 12.8. The number of aliphatic hydroxyl groups excluding tert-OH is 1. The monoisotopic (exact) mass is 295 g/mol. The highest BCUT2D eigenvalue weighted by Crippen LogP contribution is 2.19. The number of hydrogen-bond donors (Lipinski definition) is 3. The van der Waals surface area contributed by atoms with E-state index in [1.807, 2.05) is 31.2 Å². The second-order valence-electron chi connectivity index (χ2n) is 5.20. The molecule has 3 N–H and O–H groups in total. The van der Waals surface area contributed by atoms with Crippen LogP contribution in [0.1, 0.15) is 32.3 Å². The standard InChI is InChI=1S/C16H25NO4/c1-3-17-16(2,15(19)20)10-6-12-21-14-8-5-4-7-13(14)9-11-18/h4-5,7-8,17-18H,3,6,9-12H2,1-2H3,(H,19,20). The maximum absolute atomic E-state index is 11.3. The third-order valence-corrected chi connectivity index (χ3v) is 3.47. The average molecular weight is 295 g/mol. The van der Waals surface area contributed by atoms with Gasteiger partial charge in [0, 0.05) is 6.61 Å². The molecular weight excluding hydrogens is 270 g/mol. The maximum Gasteiger partial charge on any atom is 0.323 e.